The van der Waals surface area contributed by atoms with E-state index in [0.717, 1.165) is 0 Å². The van der Waals surface area contributed by atoms with E-state index >= 15 is 0 Å². The highest BCUT2D eigenvalue weighted by atomic mass is 16.5. The first-order valence-corrected chi connectivity index (χ1v) is 6.10. The summed E-state index contributed by atoms with van der Waals surface area (Å²) in [5.74, 6) is 0.237. The van der Waals surface area contributed by atoms with Crippen molar-refractivity contribution in [2.75, 3.05) is 7.11 Å². The smallest absolute Gasteiger partial charge is 0.235 e. The Morgan fingerprint density at radius 2 is 1.75 bits per heavy atom. The normalized spacial score (nSPS) is 10.7. The lowest BCUT2D eigenvalue weighted by molar-refractivity contribution is 0.411. The number of rotatable bonds is 2. The number of benzene rings is 2. The number of methoxy groups -OCH3 is 1. The summed E-state index contributed by atoms with van der Waals surface area (Å²) < 4.78 is 10.9. The van der Waals surface area contributed by atoms with Crippen LogP contribution in [0, 0.1) is 0 Å². The van der Waals surface area contributed by atoms with Gasteiger partial charge in [-0.3, -0.25) is 4.79 Å². The van der Waals surface area contributed by atoms with Crippen molar-refractivity contribution in [3.8, 4) is 22.8 Å². The van der Waals surface area contributed by atoms with Crippen LogP contribution in [0.15, 0.2) is 57.7 Å². The molecule has 3 aromatic rings. The summed E-state index contributed by atoms with van der Waals surface area (Å²) in [6, 6.07) is 13.9. The number of hydrogen-bond acceptors (Lipinski definition) is 4. The first kappa shape index (κ1) is 12.3. The van der Waals surface area contributed by atoms with E-state index in [1.807, 2.05) is 0 Å². The van der Waals surface area contributed by atoms with Gasteiger partial charge in [0.15, 0.2) is 5.76 Å². The molecule has 100 valence electrons. The van der Waals surface area contributed by atoms with Crippen molar-refractivity contribution in [2.24, 2.45) is 0 Å². The molecule has 3 rings (SSSR count). The molecule has 2 aromatic carbocycles. The van der Waals surface area contributed by atoms with E-state index in [9.17, 15) is 9.90 Å². The average molecular weight is 268 g/mol. The fourth-order valence-electron chi connectivity index (χ4n) is 2.15. The molecule has 0 amide bonds. The van der Waals surface area contributed by atoms with Crippen molar-refractivity contribution in [2.45, 2.75) is 0 Å². The van der Waals surface area contributed by atoms with Crippen LogP contribution in [0.4, 0.5) is 0 Å². The molecule has 0 aliphatic carbocycles. The van der Waals surface area contributed by atoms with Crippen molar-refractivity contribution in [1.29, 1.82) is 0 Å². The van der Waals surface area contributed by atoms with Gasteiger partial charge in [0, 0.05) is 0 Å². The second-order valence-electron chi connectivity index (χ2n) is 4.31. The lowest BCUT2D eigenvalue weighted by Crippen LogP contribution is -2.02. The van der Waals surface area contributed by atoms with Gasteiger partial charge >= 0.3 is 0 Å². The lowest BCUT2D eigenvalue weighted by Gasteiger charge is -2.09. The molecule has 0 saturated heterocycles. The van der Waals surface area contributed by atoms with E-state index in [-0.39, 0.29) is 5.76 Å². The Morgan fingerprint density at radius 3 is 2.55 bits per heavy atom. The van der Waals surface area contributed by atoms with Crippen LogP contribution in [0.25, 0.3) is 22.3 Å². The summed E-state index contributed by atoms with van der Waals surface area (Å²) in [6.45, 7) is 0. The monoisotopic (exact) mass is 268 g/mol. The van der Waals surface area contributed by atoms with Crippen molar-refractivity contribution >= 4 is 11.0 Å². The van der Waals surface area contributed by atoms with Crippen LogP contribution in [0.2, 0.25) is 0 Å². The molecule has 0 saturated carbocycles. The molecule has 1 aromatic heterocycles. The molecule has 0 spiro atoms. The molecule has 0 aliphatic heterocycles. The molecule has 0 fully saturated rings. The fourth-order valence-corrected chi connectivity index (χ4v) is 2.15. The Hall–Kier alpha value is -2.75. The number of para-hydroxylation sites is 2. The Bertz CT molecular complexity index is 833. The highest BCUT2D eigenvalue weighted by Gasteiger charge is 2.17. The van der Waals surface area contributed by atoms with Gasteiger partial charge in [0.2, 0.25) is 11.2 Å². The highest BCUT2D eigenvalue weighted by molar-refractivity contribution is 5.82. The van der Waals surface area contributed by atoms with E-state index in [0.29, 0.717) is 22.3 Å². The van der Waals surface area contributed by atoms with Crippen LogP contribution < -0.4 is 10.2 Å². The van der Waals surface area contributed by atoms with Gasteiger partial charge in [-0.2, -0.15) is 0 Å². The van der Waals surface area contributed by atoms with Crippen LogP contribution in [-0.4, -0.2) is 12.2 Å². The standard InChI is InChI=1S/C16H12O4/c1-19-12-8-4-3-7-11(12)16-15(18)14(17)10-6-2-5-9-13(10)20-16/h2-9,18H,1H3. The van der Waals surface area contributed by atoms with Crippen LogP contribution in [-0.2, 0) is 0 Å². The number of hydrogen-bond donors (Lipinski definition) is 1. The topological polar surface area (TPSA) is 59.7 Å². The third-order valence-corrected chi connectivity index (χ3v) is 3.13. The minimum absolute atomic E-state index is 0.117. The summed E-state index contributed by atoms with van der Waals surface area (Å²) >= 11 is 0. The van der Waals surface area contributed by atoms with Crippen LogP contribution in [0.5, 0.6) is 11.5 Å². The van der Waals surface area contributed by atoms with Crippen molar-refractivity contribution in [3.05, 3.63) is 58.8 Å². The van der Waals surface area contributed by atoms with E-state index < -0.39 is 11.2 Å². The largest absolute Gasteiger partial charge is 0.502 e. The summed E-state index contributed by atoms with van der Waals surface area (Å²) in [6.07, 6.45) is 0. The number of ether oxygens (including phenoxy) is 1. The van der Waals surface area contributed by atoms with Crippen molar-refractivity contribution in [1.82, 2.24) is 0 Å². The second-order valence-corrected chi connectivity index (χ2v) is 4.31. The molecular formula is C16H12O4. The van der Waals surface area contributed by atoms with E-state index in [2.05, 4.69) is 0 Å². The van der Waals surface area contributed by atoms with Gasteiger partial charge in [0.25, 0.3) is 0 Å². The molecule has 4 nitrogen and oxygen atoms in total. The Labute approximate surface area is 114 Å². The quantitative estimate of drug-likeness (QED) is 0.775. The molecule has 1 N–H and O–H groups in total. The van der Waals surface area contributed by atoms with Gasteiger partial charge in [-0.15, -0.1) is 0 Å². The maximum atomic E-state index is 12.2. The minimum atomic E-state index is -0.451. The molecule has 0 aliphatic rings. The van der Waals surface area contributed by atoms with Crippen molar-refractivity contribution < 1.29 is 14.3 Å². The second kappa shape index (κ2) is 4.74. The molecular weight excluding hydrogens is 256 g/mol. The van der Waals surface area contributed by atoms with Crippen molar-refractivity contribution in [3.63, 3.8) is 0 Å². The Morgan fingerprint density at radius 1 is 1.05 bits per heavy atom. The zero-order valence-electron chi connectivity index (χ0n) is 10.8. The van der Waals surface area contributed by atoms with Gasteiger partial charge in [-0.1, -0.05) is 24.3 Å². The molecule has 1 heterocycles. The molecule has 0 unspecified atom stereocenters. The first-order chi connectivity index (χ1) is 9.72. The molecule has 0 radical (unpaired) electrons. The van der Waals surface area contributed by atoms with Crippen LogP contribution in [0.3, 0.4) is 0 Å². The predicted octanol–water partition coefficient (Wildman–Crippen LogP) is 3.17. The summed E-state index contributed by atoms with van der Waals surface area (Å²) in [7, 11) is 1.52. The molecule has 4 heteroatoms. The fraction of sp³-hybridized carbons (Fsp3) is 0.0625. The maximum absolute atomic E-state index is 12.2. The average Bonchev–Trinajstić information content (AvgIpc) is 2.51. The summed E-state index contributed by atoms with van der Waals surface area (Å²) in [4.78, 5) is 12.2. The zero-order chi connectivity index (χ0) is 14.1. The van der Waals surface area contributed by atoms with Gasteiger partial charge in [-0.05, 0) is 24.3 Å². The molecule has 0 bridgehead atoms. The Balaban J connectivity index is 2.37. The third-order valence-electron chi connectivity index (χ3n) is 3.13. The van der Waals surface area contributed by atoms with E-state index in [1.54, 1.807) is 48.5 Å². The highest BCUT2D eigenvalue weighted by Crippen LogP contribution is 2.35. The van der Waals surface area contributed by atoms with Crippen LogP contribution >= 0.6 is 0 Å². The summed E-state index contributed by atoms with van der Waals surface area (Å²) in [5.41, 5.74) is 0.513. The number of aromatic hydroxyl groups is 1. The minimum Gasteiger partial charge on any atom is -0.502 e. The van der Waals surface area contributed by atoms with Gasteiger partial charge in [-0.25, -0.2) is 0 Å². The lowest BCUT2D eigenvalue weighted by atomic mass is 10.1. The molecule has 0 atom stereocenters. The zero-order valence-corrected chi connectivity index (χ0v) is 10.8. The van der Waals surface area contributed by atoms with Crippen LogP contribution in [0.1, 0.15) is 0 Å². The third kappa shape index (κ3) is 1.82. The Kier molecular flexibility index (Phi) is 2.91. The van der Waals surface area contributed by atoms with Gasteiger partial charge < -0.3 is 14.3 Å². The maximum Gasteiger partial charge on any atom is 0.235 e. The molecule has 20 heavy (non-hydrogen) atoms. The summed E-state index contributed by atoms with van der Waals surface area (Å²) in [5, 5.41) is 10.5. The SMILES string of the molecule is COc1ccccc1-c1oc2ccccc2c(=O)c1O. The predicted molar refractivity (Wildman–Crippen MR) is 76.1 cm³/mol. The van der Waals surface area contributed by atoms with E-state index in [4.69, 9.17) is 9.15 Å². The van der Waals surface area contributed by atoms with E-state index in [1.165, 1.54) is 7.11 Å². The van der Waals surface area contributed by atoms with Gasteiger partial charge in [0.1, 0.15) is 11.3 Å². The number of fused-ring (bicyclic) bond motifs is 1. The van der Waals surface area contributed by atoms with Gasteiger partial charge in [0.05, 0.1) is 18.1 Å². The first-order valence-electron chi connectivity index (χ1n) is 6.10.